The van der Waals surface area contributed by atoms with E-state index in [4.69, 9.17) is 10.00 Å². The van der Waals surface area contributed by atoms with Crippen molar-refractivity contribution in [3.8, 4) is 11.8 Å². The number of likely N-dealkylation sites (N-methyl/N-ethyl adjacent to an activating group) is 1. The van der Waals surface area contributed by atoms with Crippen molar-refractivity contribution in [3.63, 3.8) is 0 Å². The third kappa shape index (κ3) is 4.54. The van der Waals surface area contributed by atoms with E-state index in [0.29, 0.717) is 12.3 Å². The second-order valence-electron chi connectivity index (χ2n) is 4.51. The van der Waals surface area contributed by atoms with Crippen LogP contribution in [0.5, 0.6) is 5.75 Å². The second kappa shape index (κ2) is 6.04. The number of ether oxygens (including phenoxy) is 1. The summed E-state index contributed by atoms with van der Waals surface area (Å²) in [6, 6.07) is 8.39. The van der Waals surface area contributed by atoms with Gasteiger partial charge in [0.05, 0.1) is 11.0 Å². The molecule has 19 heavy (non-hydrogen) atoms. The lowest BCUT2D eigenvalue weighted by atomic mass is 10.1. The molecule has 0 aromatic heterocycles. The molecule has 1 unspecified atom stereocenters. The van der Waals surface area contributed by atoms with Gasteiger partial charge >= 0.3 is 0 Å². The molecule has 1 atom stereocenters. The minimum absolute atomic E-state index is 0.143. The zero-order valence-electron chi connectivity index (χ0n) is 11.3. The van der Waals surface area contributed by atoms with Gasteiger partial charge in [-0.1, -0.05) is 13.0 Å². The van der Waals surface area contributed by atoms with E-state index in [1.807, 2.05) is 6.92 Å². The van der Waals surface area contributed by atoms with E-state index in [1.54, 1.807) is 19.1 Å². The molecule has 6 heteroatoms. The Morgan fingerprint density at radius 1 is 1.47 bits per heavy atom. The van der Waals surface area contributed by atoms with Gasteiger partial charge < -0.3 is 4.74 Å². The van der Waals surface area contributed by atoms with Crippen LogP contribution in [0.25, 0.3) is 0 Å². The van der Waals surface area contributed by atoms with Crippen molar-refractivity contribution in [1.29, 1.82) is 5.26 Å². The fourth-order valence-corrected chi connectivity index (χ4v) is 2.19. The predicted octanol–water partition coefficient (Wildman–Crippen LogP) is 1.36. The van der Waals surface area contributed by atoms with Gasteiger partial charge in [-0.2, -0.15) is 5.26 Å². The molecule has 1 aromatic carbocycles. The summed E-state index contributed by atoms with van der Waals surface area (Å²) < 4.78 is 28.4. The molecule has 0 fully saturated rings. The van der Waals surface area contributed by atoms with Crippen molar-refractivity contribution >= 4 is 9.84 Å². The number of sulfone groups is 1. The lowest BCUT2D eigenvalue weighted by Crippen LogP contribution is -2.46. The van der Waals surface area contributed by atoms with Crippen LogP contribution < -0.4 is 10.1 Å². The molecule has 0 radical (unpaired) electrons. The molecule has 0 saturated heterocycles. The molecule has 5 nitrogen and oxygen atoms in total. The minimum Gasteiger partial charge on any atom is -0.491 e. The van der Waals surface area contributed by atoms with Crippen LogP contribution in [0.3, 0.4) is 0 Å². The number of nitriles is 1. The zero-order valence-corrected chi connectivity index (χ0v) is 12.1. The fraction of sp³-hybridized carbons (Fsp3) is 0.462. The number of nitrogens with one attached hydrogen (secondary N) is 1. The second-order valence-corrected chi connectivity index (χ2v) is 6.53. The van der Waals surface area contributed by atoms with Crippen molar-refractivity contribution in [2.75, 3.05) is 19.4 Å². The lowest BCUT2D eigenvalue weighted by Gasteiger charge is -2.22. The summed E-state index contributed by atoms with van der Waals surface area (Å²) in [4.78, 5) is 0.201. The highest BCUT2D eigenvalue weighted by molar-refractivity contribution is 7.90. The van der Waals surface area contributed by atoms with Gasteiger partial charge in [0, 0.05) is 6.26 Å². The van der Waals surface area contributed by atoms with Crippen molar-refractivity contribution in [3.05, 3.63) is 24.3 Å². The van der Waals surface area contributed by atoms with Crippen LogP contribution in [0.15, 0.2) is 29.2 Å². The monoisotopic (exact) mass is 282 g/mol. The molecule has 0 bridgehead atoms. The van der Waals surface area contributed by atoms with E-state index in [2.05, 4.69) is 11.4 Å². The molecule has 0 spiro atoms. The maximum absolute atomic E-state index is 11.4. The van der Waals surface area contributed by atoms with Gasteiger partial charge in [0.2, 0.25) is 0 Å². The quantitative estimate of drug-likeness (QED) is 0.852. The molecule has 104 valence electrons. The van der Waals surface area contributed by atoms with E-state index >= 15 is 0 Å². The minimum atomic E-state index is -3.26. The number of rotatable bonds is 6. The first-order chi connectivity index (χ1) is 8.80. The SMILES string of the molecule is CCNC(C)(C#N)COc1cccc(S(C)(=O)=O)c1. The molecule has 1 rings (SSSR count). The molecule has 0 aliphatic carbocycles. The van der Waals surface area contributed by atoms with E-state index in [9.17, 15) is 8.42 Å². The Morgan fingerprint density at radius 3 is 2.68 bits per heavy atom. The average molecular weight is 282 g/mol. The van der Waals surface area contributed by atoms with Crippen LogP contribution in [0.2, 0.25) is 0 Å². The Bertz CT molecular complexity index is 578. The van der Waals surface area contributed by atoms with Crippen LogP contribution in [0.4, 0.5) is 0 Å². The van der Waals surface area contributed by atoms with Crippen molar-refractivity contribution < 1.29 is 13.2 Å². The van der Waals surface area contributed by atoms with Crippen LogP contribution in [0.1, 0.15) is 13.8 Å². The molecular weight excluding hydrogens is 264 g/mol. The molecule has 0 saturated carbocycles. The summed E-state index contributed by atoms with van der Waals surface area (Å²) in [5.41, 5.74) is -0.796. The average Bonchev–Trinajstić information content (AvgIpc) is 2.36. The Labute approximate surface area is 114 Å². The first-order valence-electron chi connectivity index (χ1n) is 5.90. The Hall–Kier alpha value is -1.58. The molecule has 0 heterocycles. The zero-order chi connectivity index (χ0) is 14.5. The Kier molecular flexibility index (Phi) is 4.92. The highest BCUT2D eigenvalue weighted by Crippen LogP contribution is 2.18. The Balaban J connectivity index is 2.82. The highest BCUT2D eigenvalue weighted by Gasteiger charge is 2.23. The van der Waals surface area contributed by atoms with Crippen LogP contribution in [0, 0.1) is 11.3 Å². The third-order valence-electron chi connectivity index (χ3n) is 2.57. The summed E-state index contributed by atoms with van der Waals surface area (Å²) in [5, 5.41) is 12.1. The first-order valence-corrected chi connectivity index (χ1v) is 7.79. The number of benzene rings is 1. The molecule has 1 N–H and O–H groups in total. The van der Waals surface area contributed by atoms with Crippen LogP contribution >= 0.6 is 0 Å². The van der Waals surface area contributed by atoms with Crippen molar-refractivity contribution in [2.45, 2.75) is 24.3 Å². The summed E-state index contributed by atoms with van der Waals surface area (Å²) in [6.07, 6.45) is 1.14. The van der Waals surface area contributed by atoms with Crippen LogP contribution in [-0.2, 0) is 9.84 Å². The van der Waals surface area contributed by atoms with Gasteiger partial charge in [0.15, 0.2) is 9.84 Å². The van der Waals surface area contributed by atoms with Crippen LogP contribution in [-0.4, -0.2) is 33.4 Å². The number of nitrogens with zero attached hydrogens (tertiary/aromatic N) is 1. The van der Waals surface area contributed by atoms with Gasteiger partial charge in [0.25, 0.3) is 0 Å². The fourth-order valence-electron chi connectivity index (χ4n) is 1.54. The van der Waals surface area contributed by atoms with E-state index in [0.717, 1.165) is 6.26 Å². The molecule has 0 aliphatic heterocycles. The molecule has 0 aliphatic rings. The predicted molar refractivity (Wildman–Crippen MR) is 72.7 cm³/mol. The maximum atomic E-state index is 11.4. The van der Waals surface area contributed by atoms with Gasteiger partial charge in [-0.15, -0.1) is 0 Å². The number of hydrogen-bond donors (Lipinski definition) is 1. The third-order valence-corrected chi connectivity index (χ3v) is 3.69. The van der Waals surface area contributed by atoms with E-state index in [1.165, 1.54) is 12.1 Å². The Morgan fingerprint density at radius 2 is 2.16 bits per heavy atom. The lowest BCUT2D eigenvalue weighted by molar-refractivity contribution is 0.236. The van der Waals surface area contributed by atoms with Gasteiger partial charge in [-0.25, -0.2) is 8.42 Å². The summed E-state index contributed by atoms with van der Waals surface area (Å²) in [7, 11) is -3.26. The highest BCUT2D eigenvalue weighted by atomic mass is 32.2. The summed E-state index contributed by atoms with van der Waals surface area (Å²) in [6.45, 7) is 4.43. The smallest absolute Gasteiger partial charge is 0.175 e. The summed E-state index contributed by atoms with van der Waals surface area (Å²) >= 11 is 0. The molecule has 1 aromatic rings. The van der Waals surface area contributed by atoms with Gasteiger partial charge in [-0.3, -0.25) is 5.32 Å². The molecule has 0 amide bonds. The number of hydrogen-bond acceptors (Lipinski definition) is 5. The summed E-state index contributed by atoms with van der Waals surface area (Å²) in [5.74, 6) is 0.433. The van der Waals surface area contributed by atoms with Gasteiger partial charge in [-0.05, 0) is 31.7 Å². The normalized spacial score (nSPS) is 14.4. The van der Waals surface area contributed by atoms with Crippen molar-refractivity contribution in [2.24, 2.45) is 0 Å². The standard InChI is InChI=1S/C13H18N2O3S/c1-4-15-13(2,9-14)10-18-11-6-5-7-12(8-11)19(3,16)17/h5-8,15H,4,10H2,1-3H3. The molecular formula is C13H18N2O3S. The van der Waals surface area contributed by atoms with E-state index in [-0.39, 0.29) is 11.5 Å². The first kappa shape index (κ1) is 15.5. The largest absolute Gasteiger partial charge is 0.491 e. The maximum Gasteiger partial charge on any atom is 0.175 e. The van der Waals surface area contributed by atoms with Crippen molar-refractivity contribution in [1.82, 2.24) is 5.32 Å². The van der Waals surface area contributed by atoms with E-state index < -0.39 is 15.4 Å². The van der Waals surface area contributed by atoms with Gasteiger partial charge in [0.1, 0.15) is 17.9 Å². The topological polar surface area (TPSA) is 79.2 Å².